The van der Waals surface area contributed by atoms with Crippen LogP contribution in [0.25, 0.3) is 0 Å². The van der Waals surface area contributed by atoms with Crippen molar-refractivity contribution in [1.29, 1.82) is 0 Å². The van der Waals surface area contributed by atoms with Crippen molar-refractivity contribution in [2.45, 2.75) is 17.9 Å². The summed E-state index contributed by atoms with van der Waals surface area (Å²) in [6.07, 6.45) is 2.25. The average molecular weight is 559 g/mol. The number of aromatic amines is 1. The Morgan fingerprint density at radius 2 is 1.79 bits per heavy atom. The Kier molecular flexibility index (Phi) is 10.4. The van der Waals surface area contributed by atoms with Gasteiger partial charge in [0.15, 0.2) is 6.23 Å². The third kappa shape index (κ3) is 9.18. The van der Waals surface area contributed by atoms with Crippen molar-refractivity contribution >= 4 is 35.1 Å². The number of alkyl halides is 1. The lowest BCUT2D eigenvalue weighted by molar-refractivity contribution is -0.181. The van der Waals surface area contributed by atoms with Crippen LogP contribution < -0.4 is 11.2 Å². The number of nitrogens with zero attached hydrogens (tertiary/aromatic N) is 1. The average Bonchev–Trinajstić information content (AvgIpc) is 2.66. The molecule has 0 spiro atoms. The zero-order valence-corrected chi connectivity index (χ0v) is 19.5. The van der Waals surface area contributed by atoms with Crippen LogP contribution in [-0.2, 0) is 31.6 Å². The number of ether oxygens (including phenoxy) is 1. The molecule has 0 saturated carbocycles. The van der Waals surface area contributed by atoms with E-state index < -0.39 is 71.7 Å². The fraction of sp³-hybridized carbons (Fsp3) is 0.500. The Morgan fingerprint density at radius 1 is 1.18 bits per heavy atom. The zero-order valence-electron chi connectivity index (χ0n) is 16.0. The molecule has 33 heavy (non-hydrogen) atoms. The summed E-state index contributed by atoms with van der Waals surface area (Å²) in [6, 6.07) is 0.874. The molecule has 17 nitrogen and oxygen atoms in total. The van der Waals surface area contributed by atoms with E-state index in [2.05, 4.69) is 13.1 Å². The highest BCUT2D eigenvalue weighted by Crippen LogP contribution is 2.66. The number of rotatable bonds is 13. The second-order valence-electron chi connectivity index (χ2n) is 5.90. The molecule has 0 amide bonds. The van der Waals surface area contributed by atoms with Crippen LogP contribution in [0.5, 0.6) is 0 Å². The largest absolute Gasteiger partial charge is 0.490 e. The molecule has 1 aromatic heterocycles. The second-order valence-corrected chi connectivity index (χ2v) is 10.6. The number of H-pyrrole nitrogens is 1. The minimum Gasteiger partial charge on any atom is -0.392 e. The third-order valence-corrected chi connectivity index (χ3v) is 7.69. The van der Waals surface area contributed by atoms with Crippen molar-refractivity contribution in [2.75, 3.05) is 19.1 Å². The molecule has 21 heteroatoms. The summed E-state index contributed by atoms with van der Waals surface area (Å²) in [7, 11) is -17.2. The molecule has 0 aromatic carbocycles. The van der Waals surface area contributed by atoms with Crippen LogP contribution in [0.4, 0.5) is 0 Å². The Balaban J connectivity index is 3.21. The SMILES string of the molecule is C#C[C@H](O)[C@@](CCl)(COP(=O)(O)OP(=O)(O)OP(=O)(O)O)O[C@H](CO)n1ccc(=O)[nH]c1=O. The Bertz CT molecular complexity index is 1120. The van der Waals surface area contributed by atoms with Gasteiger partial charge in [-0.05, 0) is 0 Å². The van der Waals surface area contributed by atoms with Crippen LogP contribution in [0.15, 0.2) is 21.9 Å². The number of phosphoric acid groups is 3. The van der Waals surface area contributed by atoms with Crippen LogP contribution >= 0.6 is 35.1 Å². The first kappa shape index (κ1) is 29.9. The van der Waals surface area contributed by atoms with Gasteiger partial charge in [0.2, 0.25) is 0 Å². The van der Waals surface area contributed by atoms with Gasteiger partial charge in [-0.1, -0.05) is 5.92 Å². The molecule has 188 valence electrons. The van der Waals surface area contributed by atoms with Gasteiger partial charge in [-0.15, -0.1) is 18.0 Å². The van der Waals surface area contributed by atoms with Gasteiger partial charge in [-0.3, -0.25) is 18.9 Å². The minimum absolute atomic E-state index is 0.636. The molecule has 7 N–H and O–H groups in total. The zero-order chi connectivity index (χ0) is 25.7. The van der Waals surface area contributed by atoms with E-state index >= 15 is 0 Å². The minimum atomic E-state index is -5.85. The maximum atomic E-state index is 12.0. The Morgan fingerprint density at radius 3 is 2.24 bits per heavy atom. The Hall–Kier alpha value is -1.18. The van der Waals surface area contributed by atoms with E-state index in [1.54, 1.807) is 5.92 Å². The van der Waals surface area contributed by atoms with Crippen LogP contribution in [0.1, 0.15) is 6.23 Å². The van der Waals surface area contributed by atoms with Gasteiger partial charge in [0.05, 0.1) is 19.1 Å². The van der Waals surface area contributed by atoms with Gasteiger partial charge in [0.25, 0.3) is 5.56 Å². The molecule has 1 heterocycles. The number of hydrogen-bond acceptors (Lipinski definition) is 11. The van der Waals surface area contributed by atoms with Crippen molar-refractivity contribution in [3.63, 3.8) is 0 Å². The van der Waals surface area contributed by atoms with Crippen molar-refractivity contribution in [3.8, 4) is 12.3 Å². The van der Waals surface area contributed by atoms with Crippen LogP contribution in [0, 0.1) is 12.3 Å². The maximum absolute atomic E-state index is 12.0. The number of aliphatic hydroxyl groups is 2. The number of aromatic nitrogens is 2. The van der Waals surface area contributed by atoms with Gasteiger partial charge >= 0.3 is 29.2 Å². The molecule has 0 fully saturated rings. The number of terminal acetylenes is 1. The summed E-state index contributed by atoms with van der Waals surface area (Å²) in [5.41, 5.74) is -4.27. The maximum Gasteiger partial charge on any atom is 0.490 e. The first-order valence-electron chi connectivity index (χ1n) is 8.08. The predicted molar refractivity (Wildman–Crippen MR) is 107 cm³/mol. The fourth-order valence-electron chi connectivity index (χ4n) is 2.07. The number of nitrogens with one attached hydrogen (secondary N) is 1. The molecule has 0 aliphatic carbocycles. The van der Waals surface area contributed by atoms with E-state index in [1.165, 1.54) is 0 Å². The lowest BCUT2D eigenvalue weighted by Gasteiger charge is -2.37. The molecule has 0 aliphatic rings. The smallest absolute Gasteiger partial charge is 0.392 e. The molecular weight excluding hydrogens is 541 g/mol. The standard InChI is InChI=1S/C12H18ClN2O15P3/c1-2-8(17)12(6-13,28-10(5-16)15-4-3-9(18)14-11(15)19)7-27-32(23,24)30-33(25,26)29-31(20,21)22/h1,3-4,8,10,16-17H,5-7H2,(H,23,24)(H,25,26)(H,14,18,19)(H2,20,21,22)/t8-,10+,12+/m0/s1. The number of hydrogen-bond donors (Lipinski definition) is 7. The number of phosphoric ester groups is 1. The van der Waals surface area contributed by atoms with E-state index in [0.29, 0.717) is 4.57 Å². The summed E-state index contributed by atoms with van der Waals surface area (Å²) in [5, 5.41) is 19.8. The first-order chi connectivity index (χ1) is 15.0. The fourth-order valence-corrected chi connectivity index (χ4v) is 5.44. The molecule has 0 aliphatic heterocycles. The third-order valence-electron chi connectivity index (χ3n) is 3.46. The topological polar surface area (TPSA) is 264 Å². The van der Waals surface area contributed by atoms with Crippen molar-refractivity contribution in [2.24, 2.45) is 0 Å². The normalized spacial score (nSPS) is 19.5. The summed E-state index contributed by atoms with van der Waals surface area (Å²) in [6.45, 7) is -2.29. The lowest BCUT2D eigenvalue weighted by atomic mass is 10.0. The van der Waals surface area contributed by atoms with Gasteiger partial charge in [-0.25, -0.2) is 18.5 Å². The number of halogens is 1. The monoisotopic (exact) mass is 558 g/mol. The molecule has 1 rings (SSSR count). The van der Waals surface area contributed by atoms with Gasteiger partial charge in [0, 0.05) is 12.3 Å². The second kappa shape index (κ2) is 11.5. The first-order valence-corrected chi connectivity index (χ1v) is 13.1. The molecule has 1 aromatic rings. The highest BCUT2D eigenvalue weighted by atomic mass is 35.5. The van der Waals surface area contributed by atoms with E-state index in [0.717, 1.165) is 12.3 Å². The van der Waals surface area contributed by atoms with E-state index in [4.69, 9.17) is 32.5 Å². The van der Waals surface area contributed by atoms with Crippen LogP contribution in [0.3, 0.4) is 0 Å². The van der Waals surface area contributed by atoms with Crippen LogP contribution in [-0.4, -0.2) is 70.1 Å². The van der Waals surface area contributed by atoms with E-state index in [9.17, 15) is 43.3 Å². The summed E-state index contributed by atoms with van der Waals surface area (Å²) < 4.78 is 51.6. The van der Waals surface area contributed by atoms with E-state index in [-0.39, 0.29) is 0 Å². The van der Waals surface area contributed by atoms with Gasteiger partial charge in [-0.2, -0.15) is 8.62 Å². The quantitative estimate of drug-likeness (QED) is 0.0812. The summed E-state index contributed by atoms with van der Waals surface area (Å²) in [5.74, 6) is 0.928. The molecule has 0 bridgehead atoms. The van der Waals surface area contributed by atoms with Gasteiger partial charge in [0.1, 0.15) is 11.7 Å². The van der Waals surface area contributed by atoms with Crippen molar-refractivity contribution in [3.05, 3.63) is 33.1 Å². The molecule has 0 saturated heterocycles. The Labute approximate surface area is 188 Å². The molecule has 0 radical (unpaired) electrons. The van der Waals surface area contributed by atoms with Gasteiger partial charge < -0.3 is 34.5 Å². The lowest BCUT2D eigenvalue weighted by Crippen LogP contribution is -2.52. The van der Waals surface area contributed by atoms with Crippen molar-refractivity contribution < 1.29 is 61.4 Å². The predicted octanol–water partition coefficient (Wildman–Crippen LogP) is -1.64. The number of aliphatic hydroxyl groups excluding tert-OH is 2. The summed E-state index contributed by atoms with van der Waals surface area (Å²) in [4.78, 5) is 60.9. The van der Waals surface area contributed by atoms with Crippen molar-refractivity contribution in [1.82, 2.24) is 9.55 Å². The van der Waals surface area contributed by atoms with E-state index in [1.807, 2.05) is 4.98 Å². The molecular formula is C12H18ClN2O15P3. The molecule has 2 unspecified atom stereocenters. The highest BCUT2D eigenvalue weighted by molar-refractivity contribution is 7.66. The highest BCUT2D eigenvalue weighted by Gasteiger charge is 2.46. The van der Waals surface area contributed by atoms with Crippen LogP contribution in [0.2, 0.25) is 0 Å². The molecule has 5 atom stereocenters. The summed E-state index contributed by atoms with van der Waals surface area (Å²) >= 11 is 5.77.